The van der Waals surface area contributed by atoms with E-state index in [1.807, 2.05) is 6.33 Å². The topological polar surface area (TPSA) is 43.6 Å². The Kier molecular flexibility index (Phi) is 10.6. The summed E-state index contributed by atoms with van der Waals surface area (Å²) in [5.74, 6) is 0. The summed E-state index contributed by atoms with van der Waals surface area (Å²) in [6, 6.07) is 0. The lowest BCUT2D eigenvalue weighted by Gasteiger charge is -2.05. The van der Waals surface area contributed by atoms with Crippen molar-refractivity contribution in [1.29, 1.82) is 0 Å². The highest BCUT2D eigenvalue weighted by Gasteiger charge is 2.07. The van der Waals surface area contributed by atoms with Crippen molar-refractivity contribution in [3.63, 3.8) is 0 Å². The molecule has 0 saturated carbocycles. The molecule has 0 fully saturated rings. The Morgan fingerprint density at radius 2 is 1.27 bits per heavy atom. The van der Waals surface area contributed by atoms with Gasteiger partial charge >= 0.3 is 0 Å². The van der Waals surface area contributed by atoms with Crippen molar-refractivity contribution in [1.82, 2.24) is 19.5 Å². The highest BCUT2D eigenvalue weighted by Crippen LogP contribution is 2.18. The Morgan fingerprint density at radius 1 is 0.731 bits per heavy atom. The number of halogens is 1. The van der Waals surface area contributed by atoms with Gasteiger partial charge in [-0.05, 0) is 6.42 Å². The lowest BCUT2D eigenvalue weighted by Crippen LogP contribution is -1.98. The zero-order valence-electron chi connectivity index (χ0n) is 16.4. The number of aromatic nitrogens is 4. The SMILES string of the molecule is CCCCCCCCCCCCCCCCn1cnc2c(Cl)ncnc21. The predicted octanol–water partition coefficient (Wildman–Crippen LogP) is 6.96. The summed E-state index contributed by atoms with van der Waals surface area (Å²) < 4.78 is 2.09. The number of hydrogen-bond donors (Lipinski definition) is 0. The van der Waals surface area contributed by atoms with Gasteiger partial charge in [0.15, 0.2) is 10.8 Å². The van der Waals surface area contributed by atoms with Crippen LogP contribution in [0.15, 0.2) is 12.7 Å². The van der Waals surface area contributed by atoms with Crippen LogP contribution in [0.2, 0.25) is 5.15 Å². The summed E-state index contributed by atoms with van der Waals surface area (Å²) in [6.45, 7) is 3.24. The molecular weight excluding hydrogens is 344 g/mol. The number of imidazole rings is 1. The van der Waals surface area contributed by atoms with Crippen LogP contribution in [0.5, 0.6) is 0 Å². The Hall–Kier alpha value is -1.16. The van der Waals surface area contributed by atoms with Gasteiger partial charge in [0.05, 0.1) is 6.33 Å². The monoisotopic (exact) mass is 378 g/mol. The van der Waals surface area contributed by atoms with Crippen LogP contribution in [-0.2, 0) is 6.54 Å². The van der Waals surface area contributed by atoms with Gasteiger partial charge in [-0.1, -0.05) is 102 Å². The maximum atomic E-state index is 6.04. The van der Waals surface area contributed by atoms with E-state index in [1.165, 1.54) is 96.2 Å². The molecule has 0 atom stereocenters. The molecule has 0 unspecified atom stereocenters. The number of rotatable bonds is 15. The van der Waals surface area contributed by atoms with Crippen LogP contribution in [0.25, 0.3) is 11.2 Å². The van der Waals surface area contributed by atoms with Gasteiger partial charge in [0, 0.05) is 6.54 Å². The first-order chi connectivity index (χ1) is 12.8. The van der Waals surface area contributed by atoms with Crippen molar-refractivity contribution in [2.75, 3.05) is 0 Å². The average molecular weight is 379 g/mol. The quantitative estimate of drug-likeness (QED) is 0.248. The largest absolute Gasteiger partial charge is 0.315 e. The van der Waals surface area contributed by atoms with E-state index in [0.717, 1.165) is 12.2 Å². The molecule has 0 spiro atoms. The molecule has 0 radical (unpaired) electrons. The fraction of sp³-hybridized carbons (Fsp3) is 0.762. The standard InChI is InChI=1S/C21H35ClN4/c1-2-3-4-5-6-7-8-9-10-11-12-13-14-15-16-26-18-25-19-20(22)23-17-24-21(19)26/h17-18H,2-16H2,1H3. The summed E-state index contributed by atoms with van der Waals surface area (Å²) in [6.07, 6.45) is 22.7. The van der Waals surface area contributed by atoms with Crippen LogP contribution in [0.3, 0.4) is 0 Å². The van der Waals surface area contributed by atoms with Crippen LogP contribution < -0.4 is 0 Å². The van der Waals surface area contributed by atoms with Crippen molar-refractivity contribution < 1.29 is 0 Å². The Morgan fingerprint density at radius 3 is 1.85 bits per heavy atom. The third-order valence-electron chi connectivity index (χ3n) is 5.11. The molecule has 2 aromatic rings. The van der Waals surface area contributed by atoms with Crippen molar-refractivity contribution in [2.45, 2.75) is 103 Å². The molecule has 0 aliphatic heterocycles. The fourth-order valence-electron chi connectivity index (χ4n) is 3.49. The first-order valence-electron chi connectivity index (χ1n) is 10.6. The first kappa shape index (κ1) is 21.1. The van der Waals surface area contributed by atoms with E-state index in [1.54, 1.807) is 0 Å². The summed E-state index contributed by atoms with van der Waals surface area (Å²) in [7, 11) is 0. The minimum absolute atomic E-state index is 0.440. The highest BCUT2D eigenvalue weighted by molar-refractivity contribution is 6.33. The van der Waals surface area contributed by atoms with Gasteiger partial charge < -0.3 is 4.57 Å². The third kappa shape index (κ3) is 7.61. The first-order valence-corrected chi connectivity index (χ1v) is 11.0. The number of nitrogens with zero attached hydrogens (tertiary/aromatic N) is 4. The molecular formula is C21H35ClN4. The number of unbranched alkanes of at least 4 members (excludes halogenated alkanes) is 13. The van der Waals surface area contributed by atoms with Gasteiger partial charge in [-0.2, -0.15) is 0 Å². The second-order valence-corrected chi connectivity index (χ2v) is 7.73. The summed E-state index contributed by atoms with van der Waals surface area (Å²) in [5.41, 5.74) is 1.55. The summed E-state index contributed by atoms with van der Waals surface area (Å²) in [5, 5.41) is 0.440. The lowest BCUT2D eigenvalue weighted by molar-refractivity contribution is 0.525. The van der Waals surface area contributed by atoms with Crippen molar-refractivity contribution in [3.05, 3.63) is 17.8 Å². The van der Waals surface area contributed by atoms with Gasteiger partial charge in [-0.25, -0.2) is 15.0 Å². The smallest absolute Gasteiger partial charge is 0.164 e. The van der Waals surface area contributed by atoms with Gasteiger partial charge in [0.25, 0.3) is 0 Å². The number of fused-ring (bicyclic) bond motifs is 1. The van der Waals surface area contributed by atoms with E-state index in [9.17, 15) is 0 Å². The average Bonchev–Trinajstić information content (AvgIpc) is 3.06. The van der Waals surface area contributed by atoms with Crippen molar-refractivity contribution in [3.8, 4) is 0 Å². The molecule has 2 heterocycles. The van der Waals surface area contributed by atoms with Crippen LogP contribution >= 0.6 is 11.6 Å². The van der Waals surface area contributed by atoms with Crippen LogP contribution in [0, 0.1) is 0 Å². The van der Waals surface area contributed by atoms with E-state index in [-0.39, 0.29) is 0 Å². The minimum atomic E-state index is 0.440. The molecule has 5 heteroatoms. The Labute approximate surface area is 163 Å². The Balaban J connectivity index is 1.42. The van der Waals surface area contributed by atoms with Crippen molar-refractivity contribution in [2.24, 2.45) is 0 Å². The van der Waals surface area contributed by atoms with E-state index < -0.39 is 0 Å². The zero-order valence-corrected chi connectivity index (χ0v) is 17.2. The molecule has 0 N–H and O–H groups in total. The molecule has 0 amide bonds. The molecule has 0 bridgehead atoms. The van der Waals surface area contributed by atoms with Gasteiger partial charge in [0.1, 0.15) is 11.8 Å². The van der Waals surface area contributed by atoms with Crippen LogP contribution in [-0.4, -0.2) is 19.5 Å². The molecule has 0 saturated heterocycles. The molecule has 0 aromatic carbocycles. The second-order valence-electron chi connectivity index (χ2n) is 7.37. The summed E-state index contributed by atoms with van der Waals surface area (Å²) >= 11 is 6.04. The minimum Gasteiger partial charge on any atom is -0.315 e. The van der Waals surface area contributed by atoms with Crippen molar-refractivity contribution >= 4 is 22.8 Å². The lowest BCUT2D eigenvalue weighted by atomic mass is 10.0. The number of aryl methyl sites for hydroxylation is 1. The van der Waals surface area contributed by atoms with Gasteiger partial charge in [-0.15, -0.1) is 0 Å². The Bertz CT molecular complexity index is 611. The molecule has 2 rings (SSSR count). The second kappa shape index (κ2) is 13.1. The predicted molar refractivity (Wildman–Crippen MR) is 111 cm³/mol. The van der Waals surface area contributed by atoms with E-state index in [0.29, 0.717) is 10.7 Å². The molecule has 0 aliphatic rings. The third-order valence-corrected chi connectivity index (χ3v) is 5.39. The van der Waals surface area contributed by atoms with Crippen LogP contribution in [0.1, 0.15) is 96.8 Å². The van der Waals surface area contributed by atoms with E-state index >= 15 is 0 Å². The molecule has 0 aliphatic carbocycles. The summed E-state index contributed by atoms with van der Waals surface area (Å²) in [4.78, 5) is 12.6. The maximum Gasteiger partial charge on any atom is 0.164 e. The maximum absolute atomic E-state index is 6.04. The molecule has 4 nitrogen and oxygen atoms in total. The highest BCUT2D eigenvalue weighted by atomic mass is 35.5. The normalized spacial score (nSPS) is 11.5. The number of hydrogen-bond acceptors (Lipinski definition) is 3. The molecule has 26 heavy (non-hydrogen) atoms. The van der Waals surface area contributed by atoms with E-state index in [4.69, 9.17) is 11.6 Å². The van der Waals surface area contributed by atoms with E-state index in [2.05, 4.69) is 26.4 Å². The molecule has 2 aromatic heterocycles. The molecule has 146 valence electrons. The van der Waals surface area contributed by atoms with Crippen LogP contribution in [0.4, 0.5) is 0 Å². The van der Waals surface area contributed by atoms with Gasteiger partial charge in [-0.3, -0.25) is 0 Å². The fourth-order valence-corrected chi connectivity index (χ4v) is 3.67. The zero-order chi connectivity index (χ0) is 18.5. The van der Waals surface area contributed by atoms with Gasteiger partial charge in [0.2, 0.25) is 0 Å².